The van der Waals surface area contributed by atoms with E-state index in [9.17, 15) is 9.59 Å². The first-order valence-corrected chi connectivity index (χ1v) is 8.08. The van der Waals surface area contributed by atoms with Crippen molar-refractivity contribution in [2.75, 3.05) is 0 Å². The minimum atomic E-state index is -0.546. The molecule has 1 aromatic carbocycles. The van der Waals surface area contributed by atoms with Crippen LogP contribution in [0.15, 0.2) is 40.9 Å². The molecule has 1 aliphatic carbocycles. The van der Waals surface area contributed by atoms with Crippen LogP contribution >= 0.6 is 0 Å². The van der Waals surface area contributed by atoms with Gasteiger partial charge >= 0.3 is 0 Å². The van der Waals surface area contributed by atoms with Gasteiger partial charge in [0.25, 0.3) is 5.91 Å². The molecule has 0 saturated heterocycles. The third kappa shape index (κ3) is 3.23. The van der Waals surface area contributed by atoms with Gasteiger partial charge in [0.1, 0.15) is 17.9 Å². The monoisotopic (exact) mass is 339 g/mol. The van der Waals surface area contributed by atoms with E-state index in [2.05, 4.69) is 15.6 Å². The maximum absolute atomic E-state index is 12.5. The fraction of sp³-hybridized carbons (Fsp3) is 0.294. The number of nitrogens with zero attached hydrogens (tertiary/aromatic N) is 3. The Hall–Kier alpha value is -3.16. The molecule has 8 heteroatoms. The van der Waals surface area contributed by atoms with E-state index >= 15 is 0 Å². The Balaban J connectivity index is 1.54. The van der Waals surface area contributed by atoms with Gasteiger partial charge < -0.3 is 15.5 Å². The maximum atomic E-state index is 12.5. The van der Waals surface area contributed by atoms with E-state index in [1.54, 1.807) is 0 Å². The number of nitrogens with two attached hydrogens (primary N) is 1. The zero-order valence-corrected chi connectivity index (χ0v) is 13.4. The third-order valence-electron chi connectivity index (χ3n) is 4.22. The number of carbonyl (C=O) groups is 2. The number of rotatable bonds is 6. The molecule has 1 aliphatic rings. The number of aromatic nitrogens is 3. The number of furan rings is 1. The van der Waals surface area contributed by atoms with Crippen molar-refractivity contribution in [3.05, 3.63) is 48.0 Å². The number of nitrogens with one attached hydrogen (secondary N) is 1. The van der Waals surface area contributed by atoms with Gasteiger partial charge in [0.15, 0.2) is 5.69 Å². The van der Waals surface area contributed by atoms with Crippen LogP contribution in [-0.2, 0) is 11.3 Å². The van der Waals surface area contributed by atoms with Crippen molar-refractivity contribution in [3.63, 3.8) is 0 Å². The summed E-state index contributed by atoms with van der Waals surface area (Å²) in [5.41, 5.74) is 6.05. The van der Waals surface area contributed by atoms with E-state index in [0.29, 0.717) is 5.92 Å². The molecule has 0 aliphatic heterocycles. The van der Waals surface area contributed by atoms with Crippen molar-refractivity contribution in [1.82, 2.24) is 20.3 Å². The minimum absolute atomic E-state index is 0.115. The molecule has 2 amide bonds. The maximum Gasteiger partial charge on any atom is 0.274 e. The average molecular weight is 339 g/mol. The van der Waals surface area contributed by atoms with Gasteiger partial charge in [-0.25, -0.2) is 4.68 Å². The van der Waals surface area contributed by atoms with Crippen LogP contribution in [0.25, 0.3) is 11.0 Å². The first-order valence-electron chi connectivity index (χ1n) is 8.08. The van der Waals surface area contributed by atoms with Crippen LogP contribution in [-0.4, -0.2) is 26.8 Å². The summed E-state index contributed by atoms with van der Waals surface area (Å²) >= 11 is 0. The zero-order chi connectivity index (χ0) is 17.4. The molecule has 3 aromatic rings. The lowest BCUT2D eigenvalue weighted by atomic mass is 10.1. The molecule has 0 bridgehead atoms. The van der Waals surface area contributed by atoms with Crippen LogP contribution in [0.5, 0.6) is 0 Å². The van der Waals surface area contributed by atoms with Gasteiger partial charge in [-0.05, 0) is 30.9 Å². The molecule has 3 N–H and O–H groups in total. The number of para-hydroxylation sites is 1. The molecule has 0 unspecified atom stereocenters. The number of amides is 2. The Morgan fingerprint density at radius 1 is 1.36 bits per heavy atom. The Labute approximate surface area is 143 Å². The van der Waals surface area contributed by atoms with Gasteiger partial charge in [0.05, 0.1) is 12.2 Å². The second-order valence-corrected chi connectivity index (χ2v) is 6.24. The number of hydrogen-bond donors (Lipinski definition) is 2. The van der Waals surface area contributed by atoms with Crippen LogP contribution in [0.2, 0.25) is 0 Å². The summed E-state index contributed by atoms with van der Waals surface area (Å²) in [4.78, 5) is 23.4. The number of primary amides is 1. The number of carbonyl (C=O) groups excluding carboxylic acids is 2. The second kappa shape index (κ2) is 6.04. The second-order valence-electron chi connectivity index (χ2n) is 6.24. The predicted molar refractivity (Wildman–Crippen MR) is 88.4 cm³/mol. The fourth-order valence-electron chi connectivity index (χ4n) is 2.86. The Bertz CT molecular complexity index is 908. The van der Waals surface area contributed by atoms with E-state index in [4.69, 9.17) is 10.2 Å². The summed E-state index contributed by atoms with van der Waals surface area (Å²) < 4.78 is 7.15. The third-order valence-corrected chi connectivity index (χ3v) is 4.22. The van der Waals surface area contributed by atoms with E-state index < -0.39 is 5.91 Å². The molecule has 128 valence electrons. The van der Waals surface area contributed by atoms with Gasteiger partial charge in [0.2, 0.25) is 5.91 Å². The Morgan fingerprint density at radius 2 is 2.16 bits per heavy atom. The van der Waals surface area contributed by atoms with Crippen LogP contribution < -0.4 is 11.1 Å². The first kappa shape index (κ1) is 15.4. The summed E-state index contributed by atoms with van der Waals surface area (Å²) in [6.45, 7) is -0.115. The quantitative estimate of drug-likeness (QED) is 0.704. The molecule has 1 atom stereocenters. The van der Waals surface area contributed by atoms with Crippen LogP contribution in [0.3, 0.4) is 0 Å². The predicted octanol–water partition coefficient (Wildman–Crippen LogP) is 1.39. The molecule has 0 spiro atoms. The molecule has 1 saturated carbocycles. The Kier molecular flexibility index (Phi) is 3.72. The molecule has 2 heterocycles. The van der Waals surface area contributed by atoms with Gasteiger partial charge in [-0.3, -0.25) is 9.59 Å². The van der Waals surface area contributed by atoms with Crippen LogP contribution in [0, 0.1) is 5.92 Å². The lowest BCUT2D eigenvalue weighted by Gasteiger charge is -2.14. The fourth-order valence-corrected chi connectivity index (χ4v) is 2.86. The normalized spacial score (nSPS) is 15.2. The number of benzene rings is 1. The van der Waals surface area contributed by atoms with E-state index in [1.165, 1.54) is 10.9 Å². The highest BCUT2D eigenvalue weighted by Gasteiger charge is 2.36. The van der Waals surface area contributed by atoms with Crippen molar-refractivity contribution in [2.24, 2.45) is 11.7 Å². The molecule has 2 aromatic heterocycles. The SMILES string of the molecule is NC(=O)Cn1cc(C(=O)N[C@@H](c2cc3ccccc3o2)C2CC2)nn1. The average Bonchev–Trinajstić information content (AvgIpc) is 3.15. The molecule has 8 nitrogen and oxygen atoms in total. The zero-order valence-electron chi connectivity index (χ0n) is 13.4. The highest BCUT2D eigenvalue weighted by Crippen LogP contribution is 2.42. The summed E-state index contributed by atoms with van der Waals surface area (Å²) in [7, 11) is 0. The minimum Gasteiger partial charge on any atom is -0.459 e. The Morgan fingerprint density at radius 3 is 2.88 bits per heavy atom. The summed E-state index contributed by atoms with van der Waals surface area (Å²) in [6.07, 6.45) is 3.48. The summed E-state index contributed by atoms with van der Waals surface area (Å²) in [5, 5.41) is 11.5. The molecule has 0 radical (unpaired) electrons. The molecular weight excluding hydrogens is 322 g/mol. The molecular formula is C17H17N5O3. The highest BCUT2D eigenvalue weighted by molar-refractivity contribution is 5.92. The standard InChI is InChI=1S/C17H17N5O3/c18-15(23)9-22-8-12(20-21-22)17(24)19-16(10-5-6-10)14-7-11-3-1-2-4-13(11)25-14/h1-4,7-8,10,16H,5-6,9H2,(H2,18,23)(H,19,24)/t16-/m1/s1. The number of fused-ring (bicyclic) bond motifs is 1. The van der Waals surface area contributed by atoms with E-state index in [0.717, 1.165) is 29.6 Å². The van der Waals surface area contributed by atoms with Crippen LogP contribution in [0.4, 0.5) is 0 Å². The molecule has 1 fully saturated rings. The molecule has 4 rings (SSSR count). The van der Waals surface area contributed by atoms with Gasteiger partial charge in [-0.2, -0.15) is 0 Å². The molecule has 25 heavy (non-hydrogen) atoms. The lowest BCUT2D eigenvalue weighted by molar-refractivity contribution is -0.118. The summed E-state index contributed by atoms with van der Waals surface area (Å²) in [6, 6.07) is 9.49. The van der Waals surface area contributed by atoms with Gasteiger partial charge in [-0.1, -0.05) is 23.4 Å². The highest BCUT2D eigenvalue weighted by atomic mass is 16.3. The topological polar surface area (TPSA) is 116 Å². The van der Waals surface area contributed by atoms with Crippen molar-refractivity contribution >= 4 is 22.8 Å². The van der Waals surface area contributed by atoms with Crippen molar-refractivity contribution in [3.8, 4) is 0 Å². The van der Waals surface area contributed by atoms with Gasteiger partial charge in [-0.15, -0.1) is 5.10 Å². The van der Waals surface area contributed by atoms with Crippen LogP contribution in [0.1, 0.15) is 35.1 Å². The first-order chi connectivity index (χ1) is 12.1. The van der Waals surface area contributed by atoms with Crippen molar-refractivity contribution < 1.29 is 14.0 Å². The largest absolute Gasteiger partial charge is 0.459 e. The van der Waals surface area contributed by atoms with E-state index in [-0.39, 0.29) is 24.2 Å². The van der Waals surface area contributed by atoms with Gasteiger partial charge in [0, 0.05) is 5.39 Å². The number of hydrogen-bond acceptors (Lipinski definition) is 5. The smallest absolute Gasteiger partial charge is 0.274 e. The van der Waals surface area contributed by atoms with Crippen molar-refractivity contribution in [1.29, 1.82) is 0 Å². The lowest BCUT2D eigenvalue weighted by Crippen LogP contribution is -2.30. The summed E-state index contributed by atoms with van der Waals surface area (Å²) in [5.74, 6) is 0.190. The van der Waals surface area contributed by atoms with E-state index in [1.807, 2.05) is 30.3 Å². The van der Waals surface area contributed by atoms with Crippen molar-refractivity contribution in [2.45, 2.75) is 25.4 Å².